The molecule has 0 atom stereocenters. The Labute approximate surface area is 264 Å². The summed E-state index contributed by atoms with van der Waals surface area (Å²) in [4.78, 5) is 0. The summed E-state index contributed by atoms with van der Waals surface area (Å²) in [5, 5.41) is 10.0. The van der Waals surface area contributed by atoms with E-state index in [-0.39, 0.29) is 0 Å². The van der Waals surface area contributed by atoms with E-state index in [0.29, 0.717) is 0 Å². The Morgan fingerprint density at radius 3 is 1.85 bits per heavy atom. The number of hydrogen-bond donors (Lipinski definition) is 0. The Kier molecular flexibility index (Phi) is 4.61. The van der Waals surface area contributed by atoms with Crippen LogP contribution >= 0.6 is 0 Å². The Balaban J connectivity index is 1.11. The molecule has 0 unspecified atom stereocenters. The SMILES string of the molecule is c1ccc2c(c1)-c1cccc3c(-c4ccc(-n5c6ccccc6c6c7ccc8oc9ccccc9c8c7ccc65)cc4)ccc-2c13. The molecule has 2 aromatic heterocycles. The topological polar surface area (TPSA) is 18.1 Å². The van der Waals surface area contributed by atoms with E-state index in [9.17, 15) is 0 Å². The second kappa shape index (κ2) is 8.74. The van der Waals surface area contributed by atoms with Gasteiger partial charge < -0.3 is 8.98 Å². The van der Waals surface area contributed by atoms with Crippen LogP contribution in [-0.4, -0.2) is 4.57 Å². The van der Waals surface area contributed by atoms with Gasteiger partial charge in [0.1, 0.15) is 11.2 Å². The maximum absolute atomic E-state index is 6.24. The lowest BCUT2D eigenvalue weighted by Crippen LogP contribution is -1.94. The van der Waals surface area contributed by atoms with Crippen molar-refractivity contribution in [2.45, 2.75) is 0 Å². The van der Waals surface area contributed by atoms with Crippen LogP contribution in [0.5, 0.6) is 0 Å². The van der Waals surface area contributed by atoms with Crippen molar-refractivity contribution in [2.75, 3.05) is 0 Å². The number of aromatic nitrogens is 1. The molecule has 46 heavy (non-hydrogen) atoms. The summed E-state index contributed by atoms with van der Waals surface area (Å²) in [6.45, 7) is 0. The number of benzene rings is 8. The first kappa shape index (κ1) is 24.2. The minimum absolute atomic E-state index is 0.928. The fraction of sp³-hybridized carbons (Fsp3) is 0. The van der Waals surface area contributed by atoms with Crippen molar-refractivity contribution in [2.24, 2.45) is 0 Å². The number of furan rings is 1. The van der Waals surface area contributed by atoms with E-state index < -0.39 is 0 Å². The Morgan fingerprint density at radius 2 is 0.978 bits per heavy atom. The van der Waals surface area contributed by atoms with Crippen LogP contribution in [-0.2, 0) is 0 Å². The molecule has 2 heteroatoms. The van der Waals surface area contributed by atoms with E-state index in [0.717, 1.165) is 22.2 Å². The normalized spacial score (nSPS) is 12.3. The fourth-order valence-corrected chi connectivity index (χ4v) is 8.23. The summed E-state index contributed by atoms with van der Waals surface area (Å²) in [7, 11) is 0. The molecule has 0 bridgehead atoms. The van der Waals surface area contributed by atoms with Crippen LogP contribution in [0.2, 0.25) is 0 Å². The summed E-state index contributed by atoms with van der Waals surface area (Å²) in [6, 6.07) is 55.3. The summed E-state index contributed by atoms with van der Waals surface area (Å²) in [6.07, 6.45) is 0. The molecule has 11 rings (SSSR count). The molecule has 8 aromatic carbocycles. The third-order valence-corrected chi connectivity index (χ3v) is 10.2. The lowest BCUT2D eigenvalue weighted by atomic mass is 9.94. The third kappa shape index (κ3) is 3.05. The zero-order valence-electron chi connectivity index (χ0n) is 24.8. The van der Waals surface area contributed by atoms with E-state index in [4.69, 9.17) is 4.42 Å². The highest BCUT2D eigenvalue weighted by Gasteiger charge is 2.22. The highest BCUT2D eigenvalue weighted by molar-refractivity contribution is 6.28. The molecule has 0 saturated heterocycles. The lowest BCUT2D eigenvalue weighted by molar-refractivity contribution is 0.669. The van der Waals surface area contributed by atoms with Gasteiger partial charge >= 0.3 is 0 Å². The van der Waals surface area contributed by atoms with E-state index in [2.05, 4.69) is 150 Å². The molecule has 0 aliphatic heterocycles. The van der Waals surface area contributed by atoms with Gasteiger partial charge in [0, 0.05) is 27.2 Å². The summed E-state index contributed by atoms with van der Waals surface area (Å²) in [5.74, 6) is 0. The second-order valence-electron chi connectivity index (χ2n) is 12.4. The largest absolute Gasteiger partial charge is 0.456 e. The Bertz CT molecular complexity index is 2870. The molecule has 0 fully saturated rings. The molecule has 0 spiro atoms. The molecule has 0 amide bonds. The highest BCUT2D eigenvalue weighted by Crippen LogP contribution is 2.49. The average Bonchev–Trinajstić information content (AvgIpc) is 3.78. The van der Waals surface area contributed by atoms with Crippen molar-refractivity contribution in [3.05, 3.63) is 152 Å². The number of fused-ring (bicyclic) bond motifs is 12. The quantitative estimate of drug-likeness (QED) is 0.198. The first-order valence-corrected chi connectivity index (χ1v) is 15.9. The van der Waals surface area contributed by atoms with E-state index >= 15 is 0 Å². The zero-order valence-corrected chi connectivity index (χ0v) is 24.8. The van der Waals surface area contributed by atoms with Crippen molar-refractivity contribution < 1.29 is 4.42 Å². The van der Waals surface area contributed by atoms with E-state index in [1.54, 1.807) is 0 Å². The molecule has 0 saturated carbocycles. The standard InChI is InChI=1S/C44H25NO/c1-2-9-30-29(8-1)32-13-7-12-31-28(20-21-33(30)42(31)32)26-16-18-27(19-17-26)45-38-14-5-3-10-36(38)43-34-23-25-41-44(35(34)22-24-39(43)45)37-11-4-6-15-40(37)46-41/h1-25H. The van der Waals surface area contributed by atoms with Gasteiger partial charge in [-0.25, -0.2) is 0 Å². The molecule has 0 N–H and O–H groups in total. The molecule has 1 aliphatic rings. The number of hydrogen-bond acceptors (Lipinski definition) is 1. The summed E-state index contributed by atoms with van der Waals surface area (Å²) in [5.41, 5.74) is 13.2. The molecule has 1 aliphatic carbocycles. The van der Waals surface area contributed by atoms with Gasteiger partial charge in [0.05, 0.1) is 11.0 Å². The number of nitrogens with zero attached hydrogens (tertiary/aromatic N) is 1. The van der Waals surface area contributed by atoms with Crippen molar-refractivity contribution in [1.82, 2.24) is 4.57 Å². The maximum Gasteiger partial charge on any atom is 0.136 e. The van der Waals surface area contributed by atoms with Crippen LogP contribution < -0.4 is 0 Å². The fourth-order valence-electron chi connectivity index (χ4n) is 8.23. The van der Waals surface area contributed by atoms with Gasteiger partial charge in [0.2, 0.25) is 0 Å². The van der Waals surface area contributed by atoms with Gasteiger partial charge in [0.25, 0.3) is 0 Å². The third-order valence-electron chi connectivity index (χ3n) is 10.2. The second-order valence-corrected chi connectivity index (χ2v) is 12.4. The van der Waals surface area contributed by atoms with Crippen LogP contribution in [0.3, 0.4) is 0 Å². The van der Waals surface area contributed by atoms with Crippen molar-refractivity contribution in [1.29, 1.82) is 0 Å². The van der Waals surface area contributed by atoms with Gasteiger partial charge in [-0.2, -0.15) is 0 Å². The van der Waals surface area contributed by atoms with Gasteiger partial charge in [-0.3, -0.25) is 0 Å². The number of para-hydroxylation sites is 2. The summed E-state index contributed by atoms with van der Waals surface area (Å²) < 4.78 is 8.65. The van der Waals surface area contributed by atoms with Gasteiger partial charge in [-0.1, -0.05) is 109 Å². The monoisotopic (exact) mass is 583 g/mol. The van der Waals surface area contributed by atoms with Crippen molar-refractivity contribution in [3.8, 4) is 39.1 Å². The molecule has 2 heterocycles. The lowest BCUT2D eigenvalue weighted by Gasteiger charge is -2.12. The van der Waals surface area contributed by atoms with E-state index in [1.165, 1.54) is 82.1 Å². The van der Waals surface area contributed by atoms with Gasteiger partial charge in [-0.05, 0) is 97.4 Å². The van der Waals surface area contributed by atoms with Crippen molar-refractivity contribution >= 4 is 65.3 Å². The number of rotatable bonds is 2. The van der Waals surface area contributed by atoms with Crippen LogP contribution in [0.4, 0.5) is 0 Å². The Morgan fingerprint density at radius 1 is 0.326 bits per heavy atom. The first-order chi connectivity index (χ1) is 22.8. The molecular formula is C44H25NO. The summed E-state index contributed by atoms with van der Waals surface area (Å²) >= 11 is 0. The predicted molar refractivity (Wildman–Crippen MR) is 193 cm³/mol. The van der Waals surface area contributed by atoms with Crippen LogP contribution in [0.25, 0.3) is 104 Å². The van der Waals surface area contributed by atoms with E-state index in [1.807, 2.05) is 6.07 Å². The molecule has 2 nitrogen and oxygen atoms in total. The van der Waals surface area contributed by atoms with Gasteiger partial charge in [0.15, 0.2) is 0 Å². The Hall–Kier alpha value is -6.12. The smallest absolute Gasteiger partial charge is 0.136 e. The molecule has 0 radical (unpaired) electrons. The predicted octanol–water partition coefficient (Wildman–Crippen LogP) is 12.3. The highest BCUT2D eigenvalue weighted by atomic mass is 16.3. The minimum Gasteiger partial charge on any atom is -0.456 e. The molecule has 212 valence electrons. The minimum atomic E-state index is 0.928. The maximum atomic E-state index is 6.24. The van der Waals surface area contributed by atoms with Crippen molar-refractivity contribution in [3.63, 3.8) is 0 Å². The van der Waals surface area contributed by atoms with Crippen LogP contribution in [0, 0.1) is 0 Å². The first-order valence-electron chi connectivity index (χ1n) is 15.9. The van der Waals surface area contributed by atoms with Crippen LogP contribution in [0.1, 0.15) is 0 Å². The van der Waals surface area contributed by atoms with Gasteiger partial charge in [-0.15, -0.1) is 0 Å². The zero-order chi connectivity index (χ0) is 29.9. The van der Waals surface area contributed by atoms with Crippen LogP contribution in [0.15, 0.2) is 156 Å². The average molecular weight is 584 g/mol. The molecular weight excluding hydrogens is 558 g/mol. The molecule has 10 aromatic rings.